The van der Waals surface area contributed by atoms with E-state index in [2.05, 4.69) is 5.32 Å². The van der Waals surface area contributed by atoms with E-state index in [1.807, 2.05) is 68.4 Å². The van der Waals surface area contributed by atoms with Crippen molar-refractivity contribution in [3.63, 3.8) is 0 Å². The fourth-order valence-corrected chi connectivity index (χ4v) is 4.71. The largest absolute Gasteiger partial charge is 0.355 e. The molecule has 3 aromatic rings. The van der Waals surface area contributed by atoms with E-state index in [9.17, 15) is 19.2 Å². The maximum absolute atomic E-state index is 13.7. The van der Waals surface area contributed by atoms with E-state index < -0.39 is 6.04 Å². The van der Waals surface area contributed by atoms with Gasteiger partial charge in [-0.15, -0.1) is 0 Å². The Labute approximate surface area is 223 Å². The monoisotopic (exact) mass is 511 g/mol. The van der Waals surface area contributed by atoms with Gasteiger partial charge in [0, 0.05) is 32.5 Å². The first kappa shape index (κ1) is 26.8. The van der Waals surface area contributed by atoms with Crippen LogP contribution in [0.3, 0.4) is 0 Å². The maximum atomic E-state index is 13.7. The number of fused-ring (bicyclic) bond motifs is 1. The van der Waals surface area contributed by atoms with E-state index in [4.69, 9.17) is 0 Å². The number of likely N-dealkylation sites (N-methyl/N-ethyl adjacent to an activating group) is 1. The van der Waals surface area contributed by atoms with Gasteiger partial charge >= 0.3 is 0 Å². The molecule has 38 heavy (non-hydrogen) atoms. The van der Waals surface area contributed by atoms with Gasteiger partial charge in [-0.25, -0.2) is 0 Å². The topological polar surface area (TPSA) is 86.8 Å². The Morgan fingerprint density at radius 2 is 1.45 bits per heavy atom. The summed E-state index contributed by atoms with van der Waals surface area (Å²) in [5, 5.41) is 2.89. The molecule has 0 saturated heterocycles. The van der Waals surface area contributed by atoms with Crippen LogP contribution in [-0.4, -0.2) is 52.6 Å². The van der Waals surface area contributed by atoms with Crippen molar-refractivity contribution >= 4 is 23.6 Å². The highest BCUT2D eigenvalue weighted by Crippen LogP contribution is 2.23. The predicted molar refractivity (Wildman–Crippen MR) is 145 cm³/mol. The first-order valence-corrected chi connectivity index (χ1v) is 13.0. The van der Waals surface area contributed by atoms with Crippen LogP contribution in [0.15, 0.2) is 78.9 Å². The number of rotatable bonds is 11. The Bertz CT molecular complexity index is 1270. The first-order chi connectivity index (χ1) is 18.4. The lowest BCUT2D eigenvalue weighted by atomic mass is 10.0. The van der Waals surface area contributed by atoms with Gasteiger partial charge in [-0.3, -0.25) is 24.1 Å². The van der Waals surface area contributed by atoms with Crippen molar-refractivity contribution in [1.82, 2.24) is 15.1 Å². The lowest BCUT2D eigenvalue weighted by Crippen LogP contribution is -2.50. The highest BCUT2D eigenvalue weighted by Gasteiger charge is 2.35. The van der Waals surface area contributed by atoms with Crippen molar-refractivity contribution in [2.24, 2.45) is 0 Å². The average Bonchev–Trinajstić information content (AvgIpc) is 3.17. The van der Waals surface area contributed by atoms with Crippen molar-refractivity contribution in [2.45, 2.75) is 45.7 Å². The molecular weight excluding hydrogens is 478 g/mol. The van der Waals surface area contributed by atoms with Crippen molar-refractivity contribution in [3.8, 4) is 0 Å². The number of hydrogen-bond donors (Lipinski definition) is 1. The summed E-state index contributed by atoms with van der Waals surface area (Å²) in [4.78, 5) is 55.2. The number of benzene rings is 3. The van der Waals surface area contributed by atoms with Crippen LogP contribution < -0.4 is 5.32 Å². The normalized spacial score (nSPS) is 13.3. The van der Waals surface area contributed by atoms with Crippen molar-refractivity contribution in [3.05, 3.63) is 107 Å². The molecule has 0 aliphatic carbocycles. The molecule has 196 valence electrons. The molecule has 1 N–H and O–H groups in total. The molecule has 1 aliphatic rings. The zero-order valence-corrected chi connectivity index (χ0v) is 21.9. The van der Waals surface area contributed by atoms with Gasteiger partial charge in [0.1, 0.15) is 6.04 Å². The van der Waals surface area contributed by atoms with Gasteiger partial charge in [-0.1, -0.05) is 72.3 Å². The minimum Gasteiger partial charge on any atom is -0.355 e. The molecule has 0 fully saturated rings. The third kappa shape index (κ3) is 6.17. The van der Waals surface area contributed by atoms with Crippen molar-refractivity contribution in [2.75, 3.05) is 13.1 Å². The zero-order chi connectivity index (χ0) is 27.1. The van der Waals surface area contributed by atoms with Crippen LogP contribution in [0.1, 0.15) is 57.2 Å². The molecule has 1 atom stereocenters. The summed E-state index contributed by atoms with van der Waals surface area (Å²) >= 11 is 0. The minimum atomic E-state index is -0.703. The van der Waals surface area contributed by atoms with Crippen LogP contribution in [0.4, 0.5) is 0 Å². The second kappa shape index (κ2) is 12.3. The van der Waals surface area contributed by atoms with Gasteiger partial charge in [0.05, 0.1) is 11.1 Å². The van der Waals surface area contributed by atoms with Gasteiger partial charge in [0.2, 0.25) is 11.8 Å². The Morgan fingerprint density at radius 3 is 2.05 bits per heavy atom. The fraction of sp³-hybridized carbons (Fsp3) is 0.290. The molecule has 1 aliphatic heterocycles. The lowest BCUT2D eigenvalue weighted by Gasteiger charge is -2.31. The summed E-state index contributed by atoms with van der Waals surface area (Å²) in [6, 6.07) is 23.6. The Hall–Kier alpha value is -4.26. The SMILES string of the molecule is CCNC(=O)[C@@H](Cc1ccccc1)N(Cc1ccc(C)cc1)C(=O)CCCN1C(=O)c2ccccc2C1=O. The second-order valence-corrected chi connectivity index (χ2v) is 9.52. The number of imide groups is 1. The minimum absolute atomic E-state index is 0.101. The van der Waals surface area contributed by atoms with Crippen LogP contribution in [0.5, 0.6) is 0 Å². The zero-order valence-electron chi connectivity index (χ0n) is 21.9. The van der Waals surface area contributed by atoms with E-state index in [1.54, 1.807) is 29.2 Å². The van der Waals surface area contributed by atoms with Crippen LogP contribution in [0, 0.1) is 6.92 Å². The summed E-state index contributed by atoms with van der Waals surface area (Å²) in [6.07, 6.45) is 0.787. The highest BCUT2D eigenvalue weighted by atomic mass is 16.2. The molecule has 7 nitrogen and oxygen atoms in total. The molecule has 1 heterocycles. The molecule has 0 unspecified atom stereocenters. The van der Waals surface area contributed by atoms with Crippen molar-refractivity contribution < 1.29 is 19.2 Å². The standard InChI is InChI=1S/C31H33N3O4/c1-3-32-29(36)27(20-23-10-5-4-6-11-23)34(21-24-17-15-22(2)16-18-24)28(35)14-9-19-33-30(37)25-12-7-8-13-26(25)31(33)38/h4-8,10-13,15-18,27H,3,9,14,19-21H2,1-2H3,(H,32,36)/t27-/m1/s1. The number of nitrogens with zero attached hydrogens (tertiary/aromatic N) is 2. The van der Waals surface area contributed by atoms with Crippen LogP contribution in [-0.2, 0) is 22.6 Å². The molecule has 0 aromatic heterocycles. The average molecular weight is 512 g/mol. The summed E-state index contributed by atoms with van der Waals surface area (Å²) in [7, 11) is 0. The van der Waals surface area contributed by atoms with E-state index in [1.165, 1.54) is 4.90 Å². The number of hydrogen-bond acceptors (Lipinski definition) is 4. The van der Waals surface area contributed by atoms with Gasteiger partial charge < -0.3 is 10.2 Å². The molecule has 4 rings (SSSR count). The van der Waals surface area contributed by atoms with Crippen LogP contribution in [0.25, 0.3) is 0 Å². The van der Waals surface area contributed by atoms with E-state index in [0.29, 0.717) is 30.5 Å². The van der Waals surface area contributed by atoms with Crippen LogP contribution in [0.2, 0.25) is 0 Å². The van der Waals surface area contributed by atoms with Crippen LogP contribution >= 0.6 is 0 Å². The Morgan fingerprint density at radius 1 is 0.842 bits per heavy atom. The van der Waals surface area contributed by atoms with E-state index >= 15 is 0 Å². The second-order valence-electron chi connectivity index (χ2n) is 9.52. The number of amides is 4. The number of carbonyl (C=O) groups is 4. The summed E-state index contributed by atoms with van der Waals surface area (Å²) in [6.45, 7) is 4.72. The summed E-state index contributed by atoms with van der Waals surface area (Å²) in [5.41, 5.74) is 3.77. The predicted octanol–water partition coefficient (Wildman–Crippen LogP) is 4.15. The van der Waals surface area contributed by atoms with Gasteiger partial charge in [0.15, 0.2) is 0 Å². The lowest BCUT2D eigenvalue weighted by molar-refractivity contribution is -0.141. The molecule has 3 aromatic carbocycles. The Balaban J connectivity index is 1.52. The van der Waals surface area contributed by atoms with Gasteiger partial charge in [-0.05, 0) is 43.5 Å². The number of carbonyl (C=O) groups excluding carboxylic acids is 4. The molecular formula is C31H33N3O4. The molecule has 0 bridgehead atoms. The summed E-state index contributed by atoms with van der Waals surface area (Å²) in [5.74, 6) is -1.08. The number of aryl methyl sites for hydroxylation is 1. The first-order valence-electron chi connectivity index (χ1n) is 13.0. The smallest absolute Gasteiger partial charge is 0.261 e. The van der Waals surface area contributed by atoms with E-state index in [-0.39, 0.29) is 43.1 Å². The quantitative estimate of drug-likeness (QED) is 0.392. The molecule has 4 amide bonds. The molecule has 0 saturated carbocycles. The van der Waals surface area contributed by atoms with Gasteiger partial charge in [-0.2, -0.15) is 0 Å². The van der Waals surface area contributed by atoms with E-state index in [0.717, 1.165) is 16.7 Å². The fourth-order valence-electron chi connectivity index (χ4n) is 4.71. The molecule has 0 radical (unpaired) electrons. The maximum Gasteiger partial charge on any atom is 0.261 e. The summed E-state index contributed by atoms with van der Waals surface area (Å²) < 4.78 is 0. The van der Waals surface area contributed by atoms with Crippen molar-refractivity contribution in [1.29, 1.82) is 0 Å². The van der Waals surface area contributed by atoms with Gasteiger partial charge in [0.25, 0.3) is 11.8 Å². The third-order valence-corrected chi connectivity index (χ3v) is 6.75. The number of nitrogens with one attached hydrogen (secondary N) is 1. The third-order valence-electron chi connectivity index (χ3n) is 6.75. The highest BCUT2D eigenvalue weighted by molar-refractivity contribution is 6.21. The molecule has 0 spiro atoms. The molecule has 7 heteroatoms. The Kier molecular flexibility index (Phi) is 8.69.